The lowest BCUT2D eigenvalue weighted by Gasteiger charge is -2.19. The fraction of sp³-hybridized carbons (Fsp3) is 0.429. The number of benzene rings is 1. The predicted molar refractivity (Wildman–Crippen MR) is 114 cm³/mol. The number of carbonyl (C=O) groups is 1. The van der Waals surface area contributed by atoms with Crippen molar-refractivity contribution in [1.29, 1.82) is 0 Å². The third-order valence-electron chi connectivity index (χ3n) is 5.62. The summed E-state index contributed by atoms with van der Waals surface area (Å²) in [4.78, 5) is 23.5. The lowest BCUT2D eigenvalue weighted by molar-refractivity contribution is -0.116. The van der Waals surface area contributed by atoms with Crippen molar-refractivity contribution in [2.45, 2.75) is 46.5 Å². The summed E-state index contributed by atoms with van der Waals surface area (Å²) in [5.41, 5.74) is 11.6. The fourth-order valence-electron chi connectivity index (χ4n) is 4.00. The first kappa shape index (κ1) is 19.2. The molecule has 3 N–H and O–H groups in total. The molecule has 8 nitrogen and oxygen atoms in total. The van der Waals surface area contributed by atoms with Gasteiger partial charge >= 0.3 is 0 Å². The van der Waals surface area contributed by atoms with Crippen molar-refractivity contribution in [1.82, 2.24) is 19.6 Å². The van der Waals surface area contributed by atoms with Crippen LogP contribution in [0.4, 0.5) is 17.3 Å². The van der Waals surface area contributed by atoms with Gasteiger partial charge in [0, 0.05) is 42.3 Å². The van der Waals surface area contributed by atoms with Crippen molar-refractivity contribution in [3.05, 3.63) is 40.7 Å². The minimum absolute atomic E-state index is 0.0148. The van der Waals surface area contributed by atoms with Crippen LogP contribution in [0, 0.1) is 20.8 Å². The molecular weight excluding hydrogens is 366 g/mol. The molecule has 1 aliphatic heterocycles. The summed E-state index contributed by atoms with van der Waals surface area (Å²) in [6.07, 6.45) is 3.44. The molecule has 3 aromatic rings. The van der Waals surface area contributed by atoms with Crippen molar-refractivity contribution >= 4 is 29.0 Å². The van der Waals surface area contributed by atoms with Gasteiger partial charge in [0.15, 0.2) is 0 Å². The van der Waals surface area contributed by atoms with Crippen LogP contribution < -0.4 is 16.0 Å². The van der Waals surface area contributed by atoms with Crippen molar-refractivity contribution in [3.8, 4) is 0 Å². The van der Waals surface area contributed by atoms with E-state index in [2.05, 4.69) is 37.4 Å². The molecular formula is C21H27N7O. The number of anilines is 3. The Balaban J connectivity index is 1.43. The van der Waals surface area contributed by atoms with Crippen LogP contribution in [0.1, 0.15) is 41.8 Å². The maximum atomic E-state index is 12.6. The first-order valence-corrected chi connectivity index (χ1v) is 10.1. The van der Waals surface area contributed by atoms with Crippen molar-refractivity contribution in [2.75, 3.05) is 29.0 Å². The van der Waals surface area contributed by atoms with Gasteiger partial charge in [-0.2, -0.15) is 9.50 Å². The lowest BCUT2D eigenvalue weighted by Crippen LogP contribution is -2.18. The van der Waals surface area contributed by atoms with Crippen molar-refractivity contribution < 1.29 is 4.79 Å². The van der Waals surface area contributed by atoms with Crippen LogP contribution in [0.5, 0.6) is 0 Å². The summed E-state index contributed by atoms with van der Waals surface area (Å²) in [6, 6.07) is 6.25. The highest BCUT2D eigenvalue weighted by molar-refractivity contribution is 5.92. The zero-order valence-electron chi connectivity index (χ0n) is 17.2. The molecule has 152 valence electrons. The molecule has 0 aliphatic carbocycles. The number of nitrogens with two attached hydrogens (primary N) is 1. The number of amides is 1. The number of carbonyl (C=O) groups excluding carboxylic acids is 1. The molecule has 0 unspecified atom stereocenters. The quantitative estimate of drug-likeness (QED) is 0.691. The summed E-state index contributed by atoms with van der Waals surface area (Å²) >= 11 is 0. The Morgan fingerprint density at radius 3 is 2.66 bits per heavy atom. The van der Waals surface area contributed by atoms with E-state index in [0.717, 1.165) is 41.3 Å². The average Bonchev–Trinajstić information content (AvgIpc) is 3.33. The van der Waals surface area contributed by atoms with Gasteiger partial charge in [0.25, 0.3) is 5.78 Å². The van der Waals surface area contributed by atoms with E-state index in [1.54, 1.807) is 4.52 Å². The number of aryl methyl sites for hydroxylation is 3. The van der Waals surface area contributed by atoms with Gasteiger partial charge in [-0.25, -0.2) is 4.98 Å². The van der Waals surface area contributed by atoms with Gasteiger partial charge in [0.05, 0.1) is 0 Å². The molecule has 0 atom stereocenters. The van der Waals surface area contributed by atoms with E-state index < -0.39 is 0 Å². The van der Waals surface area contributed by atoms with Crippen molar-refractivity contribution in [2.24, 2.45) is 0 Å². The van der Waals surface area contributed by atoms with E-state index >= 15 is 0 Å². The molecule has 4 rings (SSSR count). The van der Waals surface area contributed by atoms with Crippen LogP contribution >= 0.6 is 0 Å². The number of nitrogens with zero attached hydrogens (tertiary/aromatic N) is 5. The Bertz CT molecular complexity index is 1070. The summed E-state index contributed by atoms with van der Waals surface area (Å²) in [6.45, 7) is 8.13. The maximum absolute atomic E-state index is 12.6. The zero-order chi connectivity index (χ0) is 20.5. The summed E-state index contributed by atoms with van der Waals surface area (Å²) < 4.78 is 1.64. The predicted octanol–water partition coefficient (Wildman–Crippen LogP) is 2.80. The van der Waals surface area contributed by atoms with Gasteiger partial charge in [0.2, 0.25) is 11.9 Å². The van der Waals surface area contributed by atoms with Gasteiger partial charge in [-0.15, -0.1) is 5.10 Å². The van der Waals surface area contributed by atoms with Crippen molar-refractivity contribution in [3.63, 3.8) is 0 Å². The van der Waals surface area contributed by atoms with Crippen LogP contribution in [-0.2, 0) is 11.2 Å². The standard InChI is InChI=1S/C21H27N7O/c1-13-12-16(27-10-4-5-11-27)6-8-18(13)24-19(29)9-7-17-14(2)23-21-25-20(22)26-28(21)15(17)3/h6,8,12H,4-5,7,9-11H2,1-3H3,(H2,22,26)(H,24,29). The van der Waals surface area contributed by atoms with Gasteiger partial charge < -0.3 is 16.0 Å². The van der Waals surface area contributed by atoms with Crippen LogP contribution in [0.3, 0.4) is 0 Å². The second kappa shape index (κ2) is 7.69. The molecule has 1 saturated heterocycles. The molecule has 0 spiro atoms. The van der Waals surface area contributed by atoms with E-state index in [1.165, 1.54) is 18.5 Å². The highest BCUT2D eigenvalue weighted by Gasteiger charge is 2.16. The molecule has 1 amide bonds. The van der Waals surface area contributed by atoms with Gasteiger partial charge in [-0.1, -0.05) is 0 Å². The molecule has 2 aromatic heterocycles. The number of hydrogen-bond acceptors (Lipinski definition) is 6. The molecule has 1 aromatic carbocycles. The van der Waals surface area contributed by atoms with E-state index in [0.29, 0.717) is 18.6 Å². The number of rotatable bonds is 5. The van der Waals surface area contributed by atoms with E-state index in [-0.39, 0.29) is 11.9 Å². The second-order valence-electron chi connectivity index (χ2n) is 7.68. The molecule has 1 fully saturated rings. The summed E-state index contributed by atoms with van der Waals surface area (Å²) in [5.74, 6) is 0.668. The number of fused-ring (bicyclic) bond motifs is 1. The molecule has 1 aliphatic rings. The second-order valence-corrected chi connectivity index (χ2v) is 7.68. The van der Waals surface area contributed by atoms with E-state index in [9.17, 15) is 4.79 Å². The highest BCUT2D eigenvalue weighted by atomic mass is 16.1. The zero-order valence-corrected chi connectivity index (χ0v) is 17.2. The average molecular weight is 393 g/mol. The number of hydrogen-bond donors (Lipinski definition) is 2. The highest BCUT2D eigenvalue weighted by Crippen LogP contribution is 2.26. The number of nitrogens with one attached hydrogen (secondary N) is 1. The molecule has 0 radical (unpaired) electrons. The molecule has 0 saturated carbocycles. The summed E-state index contributed by atoms with van der Waals surface area (Å²) in [7, 11) is 0. The van der Waals surface area contributed by atoms with Crippen LogP contribution in [0.25, 0.3) is 5.78 Å². The maximum Gasteiger partial charge on any atom is 0.254 e. The van der Waals surface area contributed by atoms with E-state index in [1.807, 2.05) is 26.8 Å². The Hall–Kier alpha value is -3.16. The topological polar surface area (TPSA) is 101 Å². The summed E-state index contributed by atoms with van der Waals surface area (Å²) in [5, 5.41) is 7.22. The SMILES string of the molecule is Cc1cc(N2CCCC2)ccc1NC(=O)CCc1c(C)nc2nc(N)nn2c1C. The van der Waals surface area contributed by atoms with Gasteiger partial charge in [-0.3, -0.25) is 4.79 Å². The first-order valence-electron chi connectivity index (χ1n) is 10.1. The van der Waals surface area contributed by atoms with Crippen LogP contribution in [-0.4, -0.2) is 38.6 Å². The van der Waals surface area contributed by atoms with Gasteiger partial charge in [-0.05, 0) is 69.4 Å². The molecule has 0 bridgehead atoms. The Morgan fingerprint density at radius 2 is 1.93 bits per heavy atom. The third kappa shape index (κ3) is 3.87. The minimum atomic E-state index is -0.0148. The smallest absolute Gasteiger partial charge is 0.254 e. The van der Waals surface area contributed by atoms with E-state index in [4.69, 9.17) is 5.73 Å². The number of nitrogen functional groups attached to an aromatic ring is 1. The van der Waals surface area contributed by atoms with Crippen LogP contribution in [0.2, 0.25) is 0 Å². The Morgan fingerprint density at radius 1 is 1.17 bits per heavy atom. The normalized spacial score (nSPS) is 14.0. The first-order chi connectivity index (χ1) is 13.9. The molecule has 8 heteroatoms. The van der Waals surface area contributed by atoms with Crippen LogP contribution in [0.15, 0.2) is 18.2 Å². The van der Waals surface area contributed by atoms with Gasteiger partial charge in [0.1, 0.15) is 0 Å². The third-order valence-corrected chi connectivity index (χ3v) is 5.62. The fourth-order valence-corrected chi connectivity index (χ4v) is 4.00. The Kier molecular flexibility index (Phi) is 5.08. The molecule has 29 heavy (non-hydrogen) atoms. The lowest BCUT2D eigenvalue weighted by atomic mass is 10.1. The minimum Gasteiger partial charge on any atom is -0.372 e. The Labute approximate surface area is 170 Å². The molecule has 3 heterocycles. The number of aromatic nitrogens is 4. The largest absolute Gasteiger partial charge is 0.372 e. The monoisotopic (exact) mass is 393 g/mol.